The fourth-order valence-electron chi connectivity index (χ4n) is 1.92. The Kier molecular flexibility index (Phi) is 4.11. The Morgan fingerprint density at radius 1 is 1.11 bits per heavy atom. The van der Waals surface area contributed by atoms with Gasteiger partial charge in [0.25, 0.3) is 0 Å². The van der Waals surface area contributed by atoms with Gasteiger partial charge in [-0.15, -0.1) is 0 Å². The summed E-state index contributed by atoms with van der Waals surface area (Å²) in [5.41, 5.74) is 5.10. The normalized spacial score (nSPS) is 12.4. The van der Waals surface area contributed by atoms with Crippen molar-refractivity contribution in [3.8, 4) is 0 Å². The average molecular weight is 240 g/mol. The molecule has 94 valence electrons. The van der Waals surface area contributed by atoms with Crippen molar-refractivity contribution in [1.29, 1.82) is 0 Å². The van der Waals surface area contributed by atoms with Crippen LogP contribution in [-0.2, 0) is 6.54 Å². The predicted octanol–water partition coefficient (Wildman–Crippen LogP) is 3.55. The third kappa shape index (κ3) is 3.17. The zero-order chi connectivity index (χ0) is 13.0. The second kappa shape index (κ2) is 5.78. The Balaban J connectivity index is 1.97. The van der Waals surface area contributed by atoms with E-state index in [1.165, 1.54) is 16.7 Å². The van der Waals surface area contributed by atoms with E-state index in [9.17, 15) is 0 Å². The van der Waals surface area contributed by atoms with Gasteiger partial charge < -0.3 is 5.32 Å². The average Bonchev–Trinajstić information content (AvgIpc) is 2.41. The van der Waals surface area contributed by atoms with E-state index < -0.39 is 0 Å². The lowest BCUT2D eigenvalue weighted by atomic mass is 10.1. The van der Waals surface area contributed by atoms with Gasteiger partial charge in [-0.3, -0.25) is 4.98 Å². The van der Waals surface area contributed by atoms with E-state index in [0.29, 0.717) is 0 Å². The first-order chi connectivity index (χ1) is 8.66. The summed E-state index contributed by atoms with van der Waals surface area (Å²) < 4.78 is 0. The van der Waals surface area contributed by atoms with Crippen molar-refractivity contribution in [1.82, 2.24) is 10.3 Å². The Morgan fingerprint density at radius 3 is 2.61 bits per heavy atom. The fourth-order valence-corrected chi connectivity index (χ4v) is 1.92. The van der Waals surface area contributed by atoms with Crippen LogP contribution < -0.4 is 5.32 Å². The number of nitrogens with one attached hydrogen (secondary N) is 1. The lowest BCUT2D eigenvalue weighted by molar-refractivity contribution is 0.561. The molecule has 0 saturated heterocycles. The molecule has 2 rings (SSSR count). The van der Waals surface area contributed by atoms with E-state index in [1.54, 1.807) is 0 Å². The molecule has 0 bridgehead atoms. The number of hydrogen-bond donors (Lipinski definition) is 1. The molecule has 0 saturated carbocycles. The van der Waals surface area contributed by atoms with Crippen LogP contribution in [0.3, 0.4) is 0 Å². The van der Waals surface area contributed by atoms with Gasteiger partial charge in [-0.25, -0.2) is 0 Å². The van der Waals surface area contributed by atoms with Crippen molar-refractivity contribution in [2.75, 3.05) is 0 Å². The summed E-state index contributed by atoms with van der Waals surface area (Å²) >= 11 is 0. The van der Waals surface area contributed by atoms with Crippen LogP contribution in [0.1, 0.15) is 35.3 Å². The first-order valence-corrected chi connectivity index (χ1v) is 6.37. The predicted molar refractivity (Wildman–Crippen MR) is 75.4 cm³/mol. The van der Waals surface area contributed by atoms with Gasteiger partial charge in [-0.05, 0) is 49.6 Å². The van der Waals surface area contributed by atoms with Crippen molar-refractivity contribution >= 4 is 0 Å². The van der Waals surface area contributed by atoms with Crippen molar-refractivity contribution < 1.29 is 0 Å². The molecule has 0 radical (unpaired) electrons. The molecular formula is C16H20N2. The molecule has 0 aliphatic rings. The number of aromatic nitrogens is 1. The summed E-state index contributed by atoms with van der Waals surface area (Å²) in [5, 5.41) is 3.50. The van der Waals surface area contributed by atoms with Crippen LogP contribution in [-0.4, -0.2) is 4.98 Å². The van der Waals surface area contributed by atoms with Gasteiger partial charge >= 0.3 is 0 Å². The lowest BCUT2D eigenvalue weighted by Gasteiger charge is -2.13. The standard InChI is InChI=1S/C16H20N2/c1-12-7-8-15(10-13(12)2)11-18-14(3)16-6-4-5-9-17-16/h4-10,14,18H,11H2,1-3H3/t14-/m0/s1. The second-order valence-electron chi connectivity index (χ2n) is 4.78. The molecule has 0 fully saturated rings. The largest absolute Gasteiger partial charge is 0.305 e. The molecule has 0 spiro atoms. The van der Waals surface area contributed by atoms with Crippen molar-refractivity contribution in [3.05, 3.63) is 65.0 Å². The first kappa shape index (κ1) is 12.8. The summed E-state index contributed by atoms with van der Waals surface area (Å²) in [6, 6.07) is 12.9. The highest BCUT2D eigenvalue weighted by Crippen LogP contribution is 2.12. The number of hydrogen-bond acceptors (Lipinski definition) is 2. The maximum atomic E-state index is 4.36. The molecule has 2 nitrogen and oxygen atoms in total. The summed E-state index contributed by atoms with van der Waals surface area (Å²) in [6.07, 6.45) is 1.84. The van der Waals surface area contributed by atoms with E-state index in [1.807, 2.05) is 18.3 Å². The number of aryl methyl sites for hydroxylation is 2. The van der Waals surface area contributed by atoms with Gasteiger partial charge in [0.1, 0.15) is 0 Å². The fraction of sp³-hybridized carbons (Fsp3) is 0.312. The van der Waals surface area contributed by atoms with Crippen molar-refractivity contribution in [2.24, 2.45) is 0 Å². The number of rotatable bonds is 4. The van der Waals surface area contributed by atoms with Crippen LogP contribution in [0.2, 0.25) is 0 Å². The quantitative estimate of drug-likeness (QED) is 0.884. The van der Waals surface area contributed by atoms with E-state index in [0.717, 1.165) is 12.2 Å². The number of nitrogens with zero attached hydrogens (tertiary/aromatic N) is 1. The van der Waals surface area contributed by atoms with E-state index >= 15 is 0 Å². The Hall–Kier alpha value is -1.67. The van der Waals surface area contributed by atoms with E-state index in [-0.39, 0.29) is 6.04 Å². The zero-order valence-corrected chi connectivity index (χ0v) is 11.3. The molecular weight excluding hydrogens is 220 g/mol. The summed E-state index contributed by atoms with van der Waals surface area (Å²) in [4.78, 5) is 4.36. The summed E-state index contributed by atoms with van der Waals surface area (Å²) in [5.74, 6) is 0. The lowest BCUT2D eigenvalue weighted by Crippen LogP contribution is -2.19. The summed E-state index contributed by atoms with van der Waals surface area (Å²) in [6.45, 7) is 7.31. The van der Waals surface area contributed by atoms with Crippen molar-refractivity contribution in [2.45, 2.75) is 33.4 Å². The Morgan fingerprint density at radius 2 is 1.94 bits per heavy atom. The molecule has 0 unspecified atom stereocenters. The molecule has 18 heavy (non-hydrogen) atoms. The molecule has 0 aliphatic heterocycles. The molecule has 0 amide bonds. The maximum Gasteiger partial charge on any atom is 0.0570 e. The van der Waals surface area contributed by atoms with Crippen LogP contribution in [0.5, 0.6) is 0 Å². The van der Waals surface area contributed by atoms with Crippen LogP contribution in [0.4, 0.5) is 0 Å². The second-order valence-corrected chi connectivity index (χ2v) is 4.78. The van der Waals surface area contributed by atoms with Crippen LogP contribution in [0.15, 0.2) is 42.6 Å². The molecule has 0 aliphatic carbocycles. The molecule has 1 aromatic heterocycles. The van der Waals surface area contributed by atoms with Gasteiger partial charge in [0, 0.05) is 18.8 Å². The van der Waals surface area contributed by atoms with Gasteiger partial charge in [-0.2, -0.15) is 0 Å². The van der Waals surface area contributed by atoms with Crippen molar-refractivity contribution in [3.63, 3.8) is 0 Å². The van der Waals surface area contributed by atoms with Crippen LogP contribution >= 0.6 is 0 Å². The molecule has 1 atom stereocenters. The molecule has 1 aromatic carbocycles. The highest BCUT2D eigenvalue weighted by atomic mass is 14.9. The molecule has 2 heteroatoms. The topological polar surface area (TPSA) is 24.9 Å². The highest BCUT2D eigenvalue weighted by molar-refractivity contribution is 5.29. The third-order valence-electron chi connectivity index (χ3n) is 3.32. The Bertz CT molecular complexity index is 506. The maximum absolute atomic E-state index is 4.36. The van der Waals surface area contributed by atoms with Gasteiger partial charge in [0.05, 0.1) is 5.69 Å². The minimum absolute atomic E-state index is 0.271. The smallest absolute Gasteiger partial charge is 0.0570 e. The minimum Gasteiger partial charge on any atom is -0.305 e. The molecule has 1 N–H and O–H groups in total. The van der Waals surface area contributed by atoms with Crippen LogP contribution in [0, 0.1) is 13.8 Å². The van der Waals surface area contributed by atoms with E-state index in [2.05, 4.69) is 55.3 Å². The SMILES string of the molecule is Cc1ccc(CN[C@@H](C)c2ccccn2)cc1C. The number of pyridine rings is 1. The Labute approximate surface area is 109 Å². The zero-order valence-electron chi connectivity index (χ0n) is 11.3. The summed E-state index contributed by atoms with van der Waals surface area (Å²) in [7, 11) is 0. The first-order valence-electron chi connectivity index (χ1n) is 6.37. The molecule has 1 heterocycles. The van der Waals surface area contributed by atoms with Gasteiger partial charge in [0.15, 0.2) is 0 Å². The minimum atomic E-state index is 0.271. The number of benzene rings is 1. The molecule has 2 aromatic rings. The van der Waals surface area contributed by atoms with Gasteiger partial charge in [0.2, 0.25) is 0 Å². The van der Waals surface area contributed by atoms with Gasteiger partial charge in [-0.1, -0.05) is 24.3 Å². The highest BCUT2D eigenvalue weighted by Gasteiger charge is 2.05. The monoisotopic (exact) mass is 240 g/mol. The van der Waals surface area contributed by atoms with E-state index in [4.69, 9.17) is 0 Å². The third-order valence-corrected chi connectivity index (χ3v) is 3.32. The van der Waals surface area contributed by atoms with Crippen LogP contribution in [0.25, 0.3) is 0 Å².